The van der Waals surface area contributed by atoms with E-state index in [1.54, 1.807) is 18.3 Å². The summed E-state index contributed by atoms with van der Waals surface area (Å²) in [5.74, 6) is 0. The zero-order valence-corrected chi connectivity index (χ0v) is 15.2. The Bertz CT molecular complexity index is 1130. The molecule has 0 radical (unpaired) electrons. The molecule has 0 atom stereocenters. The maximum atomic E-state index is 11.5. The minimum atomic E-state index is 0.575. The van der Waals surface area contributed by atoms with Crippen molar-refractivity contribution >= 4 is 12.4 Å². The highest BCUT2D eigenvalue weighted by Crippen LogP contribution is 2.27. The van der Waals surface area contributed by atoms with Crippen LogP contribution in [0.4, 0.5) is 0 Å². The van der Waals surface area contributed by atoms with Crippen molar-refractivity contribution in [3.63, 3.8) is 0 Å². The molecule has 0 unspecified atom stereocenters. The van der Waals surface area contributed by atoms with Crippen LogP contribution in [0.25, 0.3) is 39.8 Å². The van der Waals surface area contributed by atoms with Crippen LogP contribution in [0.2, 0.25) is 0 Å². The van der Waals surface area contributed by atoms with Gasteiger partial charge in [0.05, 0.1) is 17.1 Å². The second-order valence-electron chi connectivity index (χ2n) is 6.41. The van der Waals surface area contributed by atoms with Gasteiger partial charge in [0.25, 0.3) is 0 Å². The third kappa shape index (κ3) is 3.64. The molecular formula is C25H18N2O. The number of pyridine rings is 2. The Morgan fingerprint density at radius 3 is 2.14 bits per heavy atom. The van der Waals surface area contributed by atoms with Gasteiger partial charge >= 0.3 is 0 Å². The summed E-state index contributed by atoms with van der Waals surface area (Å²) >= 11 is 0. The van der Waals surface area contributed by atoms with Crippen LogP contribution in [0, 0.1) is 0 Å². The van der Waals surface area contributed by atoms with E-state index in [0.717, 1.165) is 39.9 Å². The molecule has 0 bridgehead atoms. The van der Waals surface area contributed by atoms with Gasteiger partial charge in [-0.1, -0.05) is 67.3 Å². The van der Waals surface area contributed by atoms with Crippen LogP contribution in [-0.4, -0.2) is 16.3 Å². The molecule has 0 N–H and O–H groups in total. The number of carbonyl (C=O) groups excluding carboxylic acids is 1. The van der Waals surface area contributed by atoms with E-state index in [-0.39, 0.29) is 0 Å². The van der Waals surface area contributed by atoms with Crippen LogP contribution in [0.3, 0.4) is 0 Å². The Hall–Kier alpha value is -3.85. The zero-order valence-electron chi connectivity index (χ0n) is 15.2. The summed E-state index contributed by atoms with van der Waals surface area (Å²) in [4.78, 5) is 20.7. The van der Waals surface area contributed by atoms with Crippen LogP contribution >= 0.6 is 0 Å². The molecular weight excluding hydrogens is 344 g/mol. The third-order valence-electron chi connectivity index (χ3n) is 4.56. The molecule has 2 heterocycles. The van der Waals surface area contributed by atoms with Crippen LogP contribution < -0.4 is 0 Å². The molecule has 0 amide bonds. The quantitative estimate of drug-likeness (QED) is 0.413. The largest absolute Gasteiger partial charge is 0.298 e. The van der Waals surface area contributed by atoms with E-state index in [9.17, 15) is 4.79 Å². The minimum absolute atomic E-state index is 0.575. The fraction of sp³-hybridized carbons (Fsp3) is 0. The molecule has 2 aromatic heterocycles. The molecule has 4 rings (SSSR count). The number of hydrogen-bond acceptors (Lipinski definition) is 3. The standard InChI is InChI=1S/C25H18N2O/c1-2-18-8-10-20(11-9-18)22-12-13-26-24(16-22)25-15-19(17-28)14-23(27-25)21-6-4-3-5-7-21/h2-17H,1H2. The minimum Gasteiger partial charge on any atom is -0.298 e. The summed E-state index contributed by atoms with van der Waals surface area (Å²) < 4.78 is 0. The highest BCUT2D eigenvalue weighted by atomic mass is 16.1. The van der Waals surface area contributed by atoms with Crippen molar-refractivity contribution in [2.75, 3.05) is 0 Å². The van der Waals surface area contributed by atoms with E-state index in [2.05, 4.69) is 23.7 Å². The SMILES string of the molecule is C=Cc1ccc(-c2ccnc(-c3cc(C=O)cc(-c4ccccc4)n3)c2)cc1. The maximum absolute atomic E-state index is 11.5. The maximum Gasteiger partial charge on any atom is 0.150 e. The van der Waals surface area contributed by atoms with Crippen LogP contribution in [0.15, 0.2) is 91.6 Å². The second-order valence-corrected chi connectivity index (χ2v) is 6.41. The summed E-state index contributed by atoms with van der Waals surface area (Å²) in [6, 6.07) is 25.5. The Morgan fingerprint density at radius 1 is 0.679 bits per heavy atom. The van der Waals surface area contributed by atoms with Crippen molar-refractivity contribution in [1.29, 1.82) is 0 Å². The molecule has 3 heteroatoms. The van der Waals surface area contributed by atoms with Gasteiger partial charge in [-0.05, 0) is 41.0 Å². The summed E-state index contributed by atoms with van der Waals surface area (Å²) in [5, 5.41) is 0. The van der Waals surface area contributed by atoms with Gasteiger partial charge in [-0.2, -0.15) is 0 Å². The average molecular weight is 362 g/mol. The number of nitrogens with zero attached hydrogens (tertiary/aromatic N) is 2. The number of benzene rings is 2. The summed E-state index contributed by atoms with van der Waals surface area (Å²) in [7, 11) is 0. The molecule has 0 aliphatic rings. The van der Waals surface area contributed by atoms with E-state index in [1.807, 2.05) is 60.7 Å². The molecule has 0 aliphatic carbocycles. The Morgan fingerprint density at radius 2 is 1.43 bits per heavy atom. The molecule has 28 heavy (non-hydrogen) atoms. The number of aldehydes is 1. The summed E-state index contributed by atoms with van der Waals surface area (Å²) in [6.45, 7) is 3.79. The van der Waals surface area contributed by atoms with E-state index < -0.39 is 0 Å². The van der Waals surface area contributed by atoms with E-state index in [4.69, 9.17) is 4.98 Å². The van der Waals surface area contributed by atoms with Crippen LogP contribution in [0.1, 0.15) is 15.9 Å². The predicted molar refractivity (Wildman–Crippen MR) is 114 cm³/mol. The first-order chi connectivity index (χ1) is 13.8. The molecule has 0 fully saturated rings. The van der Waals surface area contributed by atoms with Crippen LogP contribution in [-0.2, 0) is 0 Å². The first-order valence-electron chi connectivity index (χ1n) is 8.99. The van der Waals surface area contributed by atoms with Gasteiger partial charge in [0, 0.05) is 17.3 Å². The Balaban J connectivity index is 1.78. The lowest BCUT2D eigenvalue weighted by atomic mass is 10.0. The number of carbonyl (C=O) groups is 1. The van der Waals surface area contributed by atoms with Crippen molar-refractivity contribution in [1.82, 2.24) is 9.97 Å². The monoisotopic (exact) mass is 362 g/mol. The van der Waals surface area contributed by atoms with Gasteiger partial charge in [-0.15, -0.1) is 0 Å². The smallest absolute Gasteiger partial charge is 0.150 e. The van der Waals surface area contributed by atoms with Gasteiger partial charge in [0.2, 0.25) is 0 Å². The normalized spacial score (nSPS) is 10.4. The van der Waals surface area contributed by atoms with E-state index in [0.29, 0.717) is 11.3 Å². The number of hydrogen-bond donors (Lipinski definition) is 0. The highest BCUT2D eigenvalue weighted by Gasteiger charge is 2.09. The fourth-order valence-corrected chi connectivity index (χ4v) is 3.07. The molecule has 0 spiro atoms. The predicted octanol–water partition coefficient (Wildman–Crippen LogP) is 5.93. The zero-order chi connectivity index (χ0) is 19.3. The molecule has 2 aromatic carbocycles. The van der Waals surface area contributed by atoms with Crippen molar-refractivity contribution in [2.24, 2.45) is 0 Å². The van der Waals surface area contributed by atoms with Gasteiger partial charge in [-0.25, -0.2) is 4.98 Å². The van der Waals surface area contributed by atoms with Gasteiger partial charge in [0.1, 0.15) is 6.29 Å². The molecule has 0 saturated carbocycles. The van der Waals surface area contributed by atoms with E-state index in [1.165, 1.54) is 0 Å². The fourth-order valence-electron chi connectivity index (χ4n) is 3.07. The lowest BCUT2D eigenvalue weighted by molar-refractivity contribution is 0.112. The average Bonchev–Trinajstić information content (AvgIpc) is 2.79. The third-order valence-corrected chi connectivity index (χ3v) is 4.56. The molecule has 3 nitrogen and oxygen atoms in total. The molecule has 0 aliphatic heterocycles. The number of rotatable bonds is 5. The second kappa shape index (κ2) is 7.80. The highest BCUT2D eigenvalue weighted by molar-refractivity contribution is 5.81. The first-order valence-corrected chi connectivity index (χ1v) is 8.99. The lowest BCUT2D eigenvalue weighted by Gasteiger charge is -2.08. The summed E-state index contributed by atoms with van der Waals surface area (Å²) in [5.41, 5.74) is 6.90. The lowest BCUT2D eigenvalue weighted by Crippen LogP contribution is -1.94. The first kappa shape index (κ1) is 17.6. The van der Waals surface area contributed by atoms with Crippen molar-refractivity contribution in [3.05, 3.63) is 103 Å². The van der Waals surface area contributed by atoms with Gasteiger partial charge < -0.3 is 0 Å². The topological polar surface area (TPSA) is 42.9 Å². The Kier molecular flexibility index (Phi) is 4.89. The van der Waals surface area contributed by atoms with Crippen molar-refractivity contribution < 1.29 is 4.79 Å². The van der Waals surface area contributed by atoms with Gasteiger partial charge in [-0.3, -0.25) is 9.78 Å². The number of aromatic nitrogens is 2. The van der Waals surface area contributed by atoms with Gasteiger partial charge in [0.15, 0.2) is 0 Å². The van der Waals surface area contributed by atoms with Crippen molar-refractivity contribution in [3.8, 4) is 33.8 Å². The van der Waals surface area contributed by atoms with Crippen LogP contribution in [0.5, 0.6) is 0 Å². The van der Waals surface area contributed by atoms with E-state index >= 15 is 0 Å². The van der Waals surface area contributed by atoms with Crippen molar-refractivity contribution in [2.45, 2.75) is 0 Å². The Labute approximate surface area is 164 Å². The molecule has 134 valence electrons. The molecule has 0 saturated heterocycles. The summed E-state index contributed by atoms with van der Waals surface area (Å²) in [6.07, 6.45) is 4.43. The molecule has 4 aromatic rings.